The monoisotopic (exact) mass is 279 g/mol. The Balaban J connectivity index is 1.70. The Bertz CT molecular complexity index is 771. The van der Waals surface area contributed by atoms with Crippen LogP contribution in [0.25, 0.3) is 10.9 Å². The number of H-pyrrole nitrogens is 1. The van der Waals surface area contributed by atoms with Crippen LogP contribution in [0.1, 0.15) is 16.7 Å². The number of aromatic nitrogens is 1. The third-order valence-electron chi connectivity index (χ3n) is 4.21. The Morgan fingerprint density at radius 3 is 2.71 bits per heavy atom. The maximum absolute atomic E-state index is 5.93. The largest absolute Gasteiger partial charge is 0.399 e. The van der Waals surface area contributed by atoms with Crippen molar-refractivity contribution in [2.45, 2.75) is 20.3 Å². The molecule has 3 nitrogen and oxygen atoms in total. The number of fused-ring (bicyclic) bond motifs is 1. The molecule has 2 aromatic carbocycles. The zero-order chi connectivity index (χ0) is 14.8. The van der Waals surface area contributed by atoms with Crippen molar-refractivity contribution in [3.63, 3.8) is 0 Å². The van der Waals surface area contributed by atoms with Crippen LogP contribution in [0, 0.1) is 13.8 Å². The minimum atomic E-state index is 0.856. The van der Waals surface area contributed by atoms with E-state index in [1.165, 1.54) is 27.7 Å². The highest BCUT2D eigenvalue weighted by molar-refractivity contribution is 5.83. The molecular weight excluding hydrogens is 258 g/mol. The van der Waals surface area contributed by atoms with E-state index in [9.17, 15) is 0 Å². The maximum atomic E-state index is 5.93. The highest BCUT2D eigenvalue weighted by Crippen LogP contribution is 2.24. The second-order valence-corrected chi connectivity index (χ2v) is 5.49. The lowest BCUT2D eigenvalue weighted by Gasteiger charge is -2.13. The standard InChI is InChI=1S/C18H21N3/c1-12-13(2)17(8-7-16(12)19)20-10-9-14-11-21-18-6-4-3-5-15(14)18/h3-8,11,20-21H,9-10,19H2,1-2H3. The van der Waals surface area contributed by atoms with Crippen molar-refractivity contribution in [3.05, 3.63) is 59.3 Å². The van der Waals surface area contributed by atoms with Crippen LogP contribution in [-0.4, -0.2) is 11.5 Å². The zero-order valence-corrected chi connectivity index (χ0v) is 12.5. The molecule has 0 spiro atoms. The molecule has 0 aliphatic rings. The predicted molar refractivity (Wildman–Crippen MR) is 90.8 cm³/mol. The van der Waals surface area contributed by atoms with Gasteiger partial charge in [-0.2, -0.15) is 0 Å². The van der Waals surface area contributed by atoms with Crippen LogP contribution < -0.4 is 11.1 Å². The van der Waals surface area contributed by atoms with Crippen LogP contribution in [0.2, 0.25) is 0 Å². The summed E-state index contributed by atoms with van der Waals surface area (Å²) < 4.78 is 0. The summed E-state index contributed by atoms with van der Waals surface area (Å²) in [6.45, 7) is 5.08. The molecule has 4 N–H and O–H groups in total. The average Bonchev–Trinajstić information content (AvgIpc) is 2.91. The minimum Gasteiger partial charge on any atom is -0.399 e. The van der Waals surface area contributed by atoms with Crippen molar-refractivity contribution < 1.29 is 0 Å². The van der Waals surface area contributed by atoms with Gasteiger partial charge in [0.15, 0.2) is 0 Å². The molecular formula is C18H21N3. The molecule has 0 amide bonds. The van der Waals surface area contributed by atoms with E-state index in [0.717, 1.165) is 24.2 Å². The van der Waals surface area contributed by atoms with E-state index in [1.807, 2.05) is 6.07 Å². The maximum Gasteiger partial charge on any atom is 0.0456 e. The van der Waals surface area contributed by atoms with Crippen LogP contribution in [-0.2, 0) is 6.42 Å². The fourth-order valence-electron chi connectivity index (χ4n) is 2.70. The van der Waals surface area contributed by atoms with Crippen LogP contribution in [0.15, 0.2) is 42.6 Å². The summed E-state index contributed by atoms with van der Waals surface area (Å²) >= 11 is 0. The number of nitrogens with two attached hydrogens (primary N) is 1. The van der Waals surface area contributed by atoms with Crippen molar-refractivity contribution in [3.8, 4) is 0 Å². The van der Waals surface area contributed by atoms with Crippen molar-refractivity contribution >= 4 is 22.3 Å². The molecule has 3 heteroatoms. The first-order valence-electron chi connectivity index (χ1n) is 7.31. The van der Waals surface area contributed by atoms with Crippen LogP contribution in [0.3, 0.4) is 0 Å². The predicted octanol–water partition coefficient (Wildman–Crippen LogP) is 4.02. The Morgan fingerprint density at radius 1 is 1.05 bits per heavy atom. The Labute approximate surface area is 125 Å². The molecule has 0 aliphatic carbocycles. The summed E-state index contributed by atoms with van der Waals surface area (Å²) in [4.78, 5) is 3.32. The second kappa shape index (κ2) is 5.52. The first-order chi connectivity index (χ1) is 10.2. The topological polar surface area (TPSA) is 53.8 Å². The summed E-state index contributed by atoms with van der Waals surface area (Å²) in [5, 5.41) is 4.82. The molecule has 1 aromatic heterocycles. The van der Waals surface area contributed by atoms with Gasteiger partial charge >= 0.3 is 0 Å². The summed E-state index contributed by atoms with van der Waals surface area (Å²) in [6, 6.07) is 12.4. The lowest BCUT2D eigenvalue weighted by Crippen LogP contribution is -2.07. The number of para-hydroxylation sites is 1. The van der Waals surface area contributed by atoms with Crippen molar-refractivity contribution in [1.29, 1.82) is 0 Å². The third kappa shape index (κ3) is 2.59. The van der Waals surface area contributed by atoms with Gasteiger partial charge in [-0.05, 0) is 55.2 Å². The Kier molecular flexibility index (Phi) is 3.57. The molecule has 0 saturated heterocycles. The van der Waals surface area contributed by atoms with Gasteiger partial charge in [-0.15, -0.1) is 0 Å². The van der Waals surface area contributed by atoms with E-state index >= 15 is 0 Å². The van der Waals surface area contributed by atoms with Crippen molar-refractivity contribution in [1.82, 2.24) is 4.98 Å². The van der Waals surface area contributed by atoms with Gasteiger partial charge in [-0.1, -0.05) is 18.2 Å². The molecule has 108 valence electrons. The van der Waals surface area contributed by atoms with Gasteiger partial charge in [0, 0.05) is 35.0 Å². The van der Waals surface area contributed by atoms with Crippen LogP contribution in [0.4, 0.5) is 11.4 Å². The molecule has 3 rings (SSSR count). The minimum absolute atomic E-state index is 0.856. The number of nitrogens with one attached hydrogen (secondary N) is 2. The normalized spacial score (nSPS) is 11.0. The first-order valence-corrected chi connectivity index (χ1v) is 7.31. The molecule has 0 aliphatic heterocycles. The highest BCUT2D eigenvalue weighted by Gasteiger charge is 2.05. The van der Waals surface area contributed by atoms with E-state index in [-0.39, 0.29) is 0 Å². The number of benzene rings is 2. The Hall–Kier alpha value is -2.42. The van der Waals surface area contributed by atoms with Crippen LogP contribution >= 0.6 is 0 Å². The molecule has 0 atom stereocenters. The molecule has 0 bridgehead atoms. The zero-order valence-electron chi connectivity index (χ0n) is 12.5. The number of nitrogen functional groups attached to an aromatic ring is 1. The SMILES string of the molecule is Cc1c(N)ccc(NCCc2c[nH]c3ccccc23)c1C. The summed E-state index contributed by atoms with van der Waals surface area (Å²) in [5.74, 6) is 0. The van der Waals surface area contributed by atoms with Crippen molar-refractivity contribution in [2.75, 3.05) is 17.6 Å². The lowest BCUT2D eigenvalue weighted by molar-refractivity contribution is 1.02. The number of aromatic amines is 1. The van der Waals surface area contributed by atoms with Gasteiger partial charge in [0.25, 0.3) is 0 Å². The molecule has 3 aromatic rings. The summed E-state index contributed by atoms with van der Waals surface area (Å²) in [5.41, 5.74) is 12.9. The van der Waals surface area contributed by atoms with E-state index in [2.05, 4.69) is 60.7 Å². The smallest absolute Gasteiger partial charge is 0.0456 e. The molecule has 0 fully saturated rings. The van der Waals surface area contributed by atoms with Gasteiger partial charge in [0.1, 0.15) is 0 Å². The molecule has 0 saturated carbocycles. The first kappa shape index (κ1) is 13.6. The number of anilines is 2. The fraction of sp³-hybridized carbons (Fsp3) is 0.222. The van der Waals surface area contributed by atoms with E-state index < -0.39 is 0 Å². The quantitative estimate of drug-likeness (QED) is 0.632. The molecule has 0 unspecified atom stereocenters. The van der Waals surface area contributed by atoms with E-state index in [4.69, 9.17) is 5.73 Å². The molecule has 1 heterocycles. The van der Waals surface area contributed by atoms with Gasteiger partial charge in [0.2, 0.25) is 0 Å². The van der Waals surface area contributed by atoms with Crippen LogP contribution in [0.5, 0.6) is 0 Å². The van der Waals surface area contributed by atoms with Crippen molar-refractivity contribution in [2.24, 2.45) is 0 Å². The lowest BCUT2D eigenvalue weighted by atomic mass is 10.1. The Morgan fingerprint density at radius 2 is 1.86 bits per heavy atom. The second-order valence-electron chi connectivity index (χ2n) is 5.49. The number of hydrogen-bond acceptors (Lipinski definition) is 2. The van der Waals surface area contributed by atoms with E-state index in [1.54, 1.807) is 0 Å². The third-order valence-corrected chi connectivity index (χ3v) is 4.21. The number of rotatable bonds is 4. The fourth-order valence-corrected chi connectivity index (χ4v) is 2.70. The number of hydrogen-bond donors (Lipinski definition) is 3. The summed E-state index contributed by atoms with van der Waals surface area (Å²) in [7, 11) is 0. The average molecular weight is 279 g/mol. The van der Waals surface area contributed by atoms with Gasteiger partial charge in [-0.3, -0.25) is 0 Å². The van der Waals surface area contributed by atoms with Gasteiger partial charge < -0.3 is 16.0 Å². The highest BCUT2D eigenvalue weighted by atomic mass is 14.9. The molecule has 21 heavy (non-hydrogen) atoms. The van der Waals surface area contributed by atoms with Gasteiger partial charge in [0.05, 0.1) is 0 Å². The summed E-state index contributed by atoms with van der Waals surface area (Å²) in [6.07, 6.45) is 3.10. The van der Waals surface area contributed by atoms with E-state index in [0.29, 0.717) is 0 Å². The molecule has 0 radical (unpaired) electrons. The van der Waals surface area contributed by atoms with Gasteiger partial charge in [-0.25, -0.2) is 0 Å².